The number of ether oxygens (including phenoxy) is 2. The smallest absolute Gasteiger partial charge is 0.311 e. The summed E-state index contributed by atoms with van der Waals surface area (Å²) in [5.41, 5.74) is 3.61. The highest BCUT2D eigenvalue weighted by Gasteiger charge is 2.19. The molecule has 0 spiro atoms. The van der Waals surface area contributed by atoms with Crippen molar-refractivity contribution in [3.63, 3.8) is 0 Å². The topological polar surface area (TPSA) is 132 Å². The minimum absolute atomic E-state index is 0.121. The Morgan fingerprint density at radius 2 is 1.93 bits per heavy atom. The molecule has 10 nitrogen and oxygen atoms in total. The van der Waals surface area contributed by atoms with Gasteiger partial charge >= 0.3 is 5.69 Å². The van der Waals surface area contributed by atoms with Crippen LogP contribution in [-0.4, -0.2) is 34.3 Å². The number of aryl methyl sites for hydroxylation is 1. The fraction of sp³-hybridized carbons (Fsp3) is 0.353. The molecule has 2 aromatic rings. The number of rotatable bonds is 8. The zero-order valence-corrected chi connectivity index (χ0v) is 15.5. The van der Waals surface area contributed by atoms with E-state index in [4.69, 9.17) is 9.47 Å². The van der Waals surface area contributed by atoms with Crippen LogP contribution >= 0.6 is 0 Å². The molecule has 0 radical (unpaired) electrons. The molecule has 10 heteroatoms. The minimum Gasteiger partial charge on any atom is -0.493 e. The number of nitrogens with one attached hydrogen (secondary N) is 2. The quantitative estimate of drug-likeness (QED) is 0.411. The van der Waals surface area contributed by atoms with E-state index in [-0.39, 0.29) is 29.6 Å². The van der Waals surface area contributed by atoms with Gasteiger partial charge in [-0.25, -0.2) is 10.4 Å². The van der Waals surface area contributed by atoms with Gasteiger partial charge in [0.15, 0.2) is 0 Å². The average Bonchev–Trinajstić information content (AvgIpc) is 2.61. The lowest BCUT2D eigenvalue weighted by atomic mass is 10.1. The molecule has 1 aromatic heterocycles. The number of hydrogen-bond donors (Lipinski definition) is 2. The van der Waals surface area contributed by atoms with Crippen molar-refractivity contribution in [2.75, 3.05) is 18.6 Å². The third-order valence-electron chi connectivity index (χ3n) is 3.66. The van der Waals surface area contributed by atoms with Crippen molar-refractivity contribution in [3.05, 3.63) is 49.4 Å². The molecule has 0 fully saturated rings. The number of nitro groups is 1. The van der Waals surface area contributed by atoms with Crippen LogP contribution in [0.25, 0.3) is 0 Å². The normalized spacial score (nSPS) is 10.8. The Morgan fingerprint density at radius 1 is 1.26 bits per heavy atom. The predicted molar refractivity (Wildman–Crippen MR) is 101 cm³/mol. The summed E-state index contributed by atoms with van der Waals surface area (Å²) in [4.78, 5) is 29.2. The van der Waals surface area contributed by atoms with Crippen LogP contribution in [0.5, 0.6) is 11.5 Å². The Bertz CT molecular complexity index is 923. The zero-order chi connectivity index (χ0) is 20.0. The van der Waals surface area contributed by atoms with Crippen LogP contribution in [0.15, 0.2) is 22.0 Å². The van der Waals surface area contributed by atoms with Crippen molar-refractivity contribution < 1.29 is 14.4 Å². The van der Waals surface area contributed by atoms with Crippen molar-refractivity contribution in [1.82, 2.24) is 9.97 Å². The van der Waals surface area contributed by atoms with Gasteiger partial charge in [0.25, 0.3) is 5.56 Å². The lowest BCUT2D eigenvalue weighted by Gasteiger charge is -2.11. The van der Waals surface area contributed by atoms with Gasteiger partial charge < -0.3 is 9.47 Å². The standard InChI is InChI=1S/C17H21N5O5/c1-5-26-14-8-15(27-6-2)13(22(24)25)7-12(14)9-18-21-17-19-11(4)10(3)16(23)20-17/h7-9H,5-6H2,1-4H3,(H2,19,20,21,23)/b18-9-. The Kier molecular flexibility index (Phi) is 6.47. The van der Waals surface area contributed by atoms with Crippen LogP contribution in [0.2, 0.25) is 0 Å². The van der Waals surface area contributed by atoms with E-state index < -0.39 is 4.92 Å². The number of H-pyrrole nitrogens is 1. The highest BCUT2D eigenvalue weighted by Crippen LogP contribution is 2.34. The van der Waals surface area contributed by atoms with Gasteiger partial charge in [0.05, 0.1) is 24.4 Å². The van der Waals surface area contributed by atoms with Gasteiger partial charge in [-0.15, -0.1) is 0 Å². The second-order valence-electron chi connectivity index (χ2n) is 5.48. The third-order valence-corrected chi connectivity index (χ3v) is 3.66. The van der Waals surface area contributed by atoms with E-state index in [0.717, 1.165) is 0 Å². The Morgan fingerprint density at radius 3 is 2.52 bits per heavy atom. The largest absolute Gasteiger partial charge is 0.493 e. The molecule has 1 heterocycles. The molecule has 1 aromatic carbocycles. The van der Waals surface area contributed by atoms with E-state index in [1.807, 2.05) is 0 Å². The van der Waals surface area contributed by atoms with E-state index in [2.05, 4.69) is 20.5 Å². The summed E-state index contributed by atoms with van der Waals surface area (Å²) < 4.78 is 10.8. The van der Waals surface area contributed by atoms with Gasteiger partial charge in [-0.2, -0.15) is 5.10 Å². The first-order chi connectivity index (χ1) is 12.9. The van der Waals surface area contributed by atoms with E-state index in [1.54, 1.807) is 27.7 Å². The van der Waals surface area contributed by atoms with Gasteiger partial charge in [-0.3, -0.25) is 19.9 Å². The van der Waals surface area contributed by atoms with Crippen molar-refractivity contribution in [1.29, 1.82) is 0 Å². The molecule has 0 atom stereocenters. The van der Waals surface area contributed by atoms with E-state index in [9.17, 15) is 14.9 Å². The summed E-state index contributed by atoms with van der Waals surface area (Å²) in [5, 5.41) is 15.3. The number of hydrazone groups is 1. The van der Waals surface area contributed by atoms with Crippen LogP contribution < -0.4 is 20.5 Å². The second-order valence-corrected chi connectivity index (χ2v) is 5.48. The van der Waals surface area contributed by atoms with Gasteiger partial charge in [0.1, 0.15) is 5.75 Å². The molecule has 0 aliphatic heterocycles. The third kappa shape index (κ3) is 4.81. The number of nitrogens with zero attached hydrogens (tertiary/aromatic N) is 3. The molecule has 0 aliphatic rings. The van der Waals surface area contributed by atoms with Gasteiger partial charge in [0.2, 0.25) is 11.7 Å². The predicted octanol–water partition coefficient (Wildman–Crippen LogP) is 2.54. The first-order valence-corrected chi connectivity index (χ1v) is 8.32. The fourth-order valence-corrected chi connectivity index (χ4v) is 2.22. The summed E-state index contributed by atoms with van der Waals surface area (Å²) in [6.45, 7) is 7.56. The molecule has 0 bridgehead atoms. The molecule has 0 saturated carbocycles. The maximum absolute atomic E-state index is 11.8. The van der Waals surface area contributed by atoms with Crippen LogP contribution in [0, 0.1) is 24.0 Å². The van der Waals surface area contributed by atoms with Gasteiger partial charge in [-0.1, -0.05) is 0 Å². The zero-order valence-electron chi connectivity index (χ0n) is 15.5. The first-order valence-electron chi connectivity index (χ1n) is 8.32. The average molecular weight is 375 g/mol. The number of hydrogen-bond acceptors (Lipinski definition) is 8. The lowest BCUT2D eigenvalue weighted by Crippen LogP contribution is -2.15. The second kappa shape index (κ2) is 8.79. The summed E-state index contributed by atoms with van der Waals surface area (Å²) in [6, 6.07) is 2.78. The lowest BCUT2D eigenvalue weighted by molar-refractivity contribution is -0.385. The number of aromatic amines is 1. The number of anilines is 1. The van der Waals surface area contributed by atoms with Crippen LogP contribution in [0.1, 0.15) is 30.7 Å². The summed E-state index contributed by atoms with van der Waals surface area (Å²) >= 11 is 0. The van der Waals surface area contributed by atoms with Crippen LogP contribution in [0.4, 0.5) is 11.6 Å². The minimum atomic E-state index is -0.534. The van der Waals surface area contributed by atoms with Crippen molar-refractivity contribution >= 4 is 17.9 Å². The van der Waals surface area contributed by atoms with Gasteiger partial charge in [0, 0.05) is 29.0 Å². The molecule has 0 unspecified atom stereocenters. The monoisotopic (exact) mass is 375 g/mol. The molecule has 2 N–H and O–H groups in total. The Labute approximate surface area is 155 Å². The number of nitro benzene ring substituents is 1. The Balaban J connectivity index is 2.35. The molecule has 27 heavy (non-hydrogen) atoms. The number of aromatic nitrogens is 2. The maximum atomic E-state index is 11.8. The van der Waals surface area contributed by atoms with Gasteiger partial charge in [-0.05, 0) is 27.7 Å². The van der Waals surface area contributed by atoms with E-state index in [1.165, 1.54) is 18.3 Å². The molecule has 0 aliphatic carbocycles. The summed E-state index contributed by atoms with van der Waals surface area (Å²) in [7, 11) is 0. The summed E-state index contributed by atoms with van der Waals surface area (Å²) in [5.74, 6) is 0.674. The van der Waals surface area contributed by atoms with Crippen LogP contribution in [0.3, 0.4) is 0 Å². The molecule has 0 amide bonds. The maximum Gasteiger partial charge on any atom is 0.311 e. The molecule has 2 rings (SSSR count). The molecule has 0 saturated heterocycles. The Hall–Kier alpha value is -3.43. The highest BCUT2D eigenvalue weighted by atomic mass is 16.6. The molecular weight excluding hydrogens is 354 g/mol. The molecule has 144 valence electrons. The van der Waals surface area contributed by atoms with Crippen LogP contribution in [-0.2, 0) is 0 Å². The summed E-state index contributed by atoms with van der Waals surface area (Å²) in [6.07, 6.45) is 1.35. The first kappa shape index (κ1) is 19.9. The van der Waals surface area contributed by atoms with Crippen molar-refractivity contribution in [2.24, 2.45) is 5.10 Å². The molecular formula is C17H21N5O5. The SMILES string of the molecule is CCOc1cc(OCC)c([N+](=O)[O-])cc1/C=N\Nc1nc(C)c(C)c(=O)[nH]1. The van der Waals surface area contributed by atoms with Crippen molar-refractivity contribution in [3.8, 4) is 11.5 Å². The van der Waals surface area contributed by atoms with Crippen molar-refractivity contribution in [2.45, 2.75) is 27.7 Å². The van der Waals surface area contributed by atoms with E-state index >= 15 is 0 Å². The van der Waals surface area contributed by atoms with E-state index in [0.29, 0.717) is 29.2 Å². The number of benzene rings is 1. The highest BCUT2D eigenvalue weighted by molar-refractivity contribution is 5.86. The fourth-order valence-electron chi connectivity index (χ4n) is 2.22.